The minimum atomic E-state index is 0.103. The molecule has 0 aliphatic carbocycles. The van der Waals surface area contributed by atoms with Gasteiger partial charge in [0.2, 0.25) is 0 Å². The van der Waals surface area contributed by atoms with E-state index >= 15 is 0 Å². The highest BCUT2D eigenvalue weighted by atomic mass is 32.1. The van der Waals surface area contributed by atoms with Crippen LogP contribution in [0.3, 0.4) is 0 Å². The molecule has 1 fully saturated rings. The van der Waals surface area contributed by atoms with Crippen LogP contribution < -0.4 is 4.90 Å². The average molecular weight is 288 g/mol. The van der Waals surface area contributed by atoms with Crippen LogP contribution in [-0.4, -0.2) is 37.1 Å². The molecule has 20 heavy (non-hydrogen) atoms. The Kier molecular flexibility index (Phi) is 3.80. The maximum Gasteiger partial charge on any atom is 0.169 e. The zero-order valence-corrected chi connectivity index (χ0v) is 12.2. The molecule has 0 amide bonds. The molecule has 5 heteroatoms. The van der Waals surface area contributed by atoms with Crippen molar-refractivity contribution in [3.8, 4) is 11.3 Å². The second-order valence-corrected chi connectivity index (χ2v) is 5.73. The summed E-state index contributed by atoms with van der Waals surface area (Å²) in [7, 11) is 0. The van der Waals surface area contributed by atoms with Crippen LogP contribution in [0.25, 0.3) is 11.3 Å². The van der Waals surface area contributed by atoms with Crippen molar-refractivity contribution in [1.82, 2.24) is 4.98 Å². The van der Waals surface area contributed by atoms with Gasteiger partial charge in [-0.1, -0.05) is 6.07 Å². The van der Waals surface area contributed by atoms with Crippen LogP contribution in [0, 0.1) is 0 Å². The number of pyridine rings is 1. The predicted octanol–water partition coefficient (Wildman–Crippen LogP) is 2.85. The Morgan fingerprint density at radius 2 is 2.15 bits per heavy atom. The van der Waals surface area contributed by atoms with Gasteiger partial charge in [-0.05, 0) is 25.1 Å². The van der Waals surface area contributed by atoms with E-state index in [0.717, 1.165) is 47.4 Å². The lowest BCUT2D eigenvalue weighted by molar-refractivity contribution is 0.102. The van der Waals surface area contributed by atoms with Gasteiger partial charge in [0.05, 0.1) is 23.8 Å². The lowest BCUT2D eigenvalue weighted by atomic mass is 10.1. The van der Waals surface area contributed by atoms with E-state index in [2.05, 4.69) is 9.88 Å². The molecule has 4 nitrogen and oxygen atoms in total. The molecular weight excluding hydrogens is 272 g/mol. The number of ether oxygens (including phenoxy) is 1. The molecule has 104 valence electrons. The molecular formula is C15H16N2O2S. The number of aromatic nitrogens is 1. The highest BCUT2D eigenvalue weighted by Gasteiger charge is 2.21. The lowest BCUT2D eigenvalue weighted by Crippen LogP contribution is -2.35. The van der Waals surface area contributed by atoms with E-state index in [1.54, 1.807) is 24.5 Å². The van der Waals surface area contributed by atoms with E-state index in [4.69, 9.17) is 4.74 Å². The summed E-state index contributed by atoms with van der Waals surface area (Å²) in [6.45, 7) is 4.79. The topological polar surface area (TPSA) is 42.4 Å². The number of carbonyl (C=O) groups excluding carboxylic acids is 1. The van der Waals surface area contributed by atoms with Crippen molar-refractivity contribution in [3.63, 3.8) is 0 Å². The Bertz CT molecular complexity index is 604. The largest absolute Gasteiger partial charge is 0.378 e. The molecule has 3 rings (SSSR count). The van der Waals surface area contributed by atoms with Crippen molar-refractivity contribution in [2.24, 2.45) is 0 Å². The van der Waals surface area contributed by atoms with Gasteiger partial charge in [0.25, 0.3) is 0 Å². The quantitative estimate of drug-likeness (QED) is 0.815. The van der Waals surface area contributed by atoms with Crippen LogP contribution in [0.2, 0.25) is 0 Å². The molecule has 0 radical (unpaired) electrons. The van der Waals surface area contributed by atoms with Crippen molar-refractivity contribution < 1.29 is 9.53 Å². The normalized spacial score (nSPS) is 15.3. The van der Waals surface area contributed by atoms with Gasteiger partial charge < -0.3 is 9.64 Å². The van der Waals surface area contributed by atoms with Crippen LogP contribution in [0.1, 0.15) is 16.6 Å². The SMILES string of the molecule is CC(=O)c1cc(-c2ccccn2)c(N2CCOCC2)s1. The third kappa shape index (κ3) is 2.59. The fourth-order valence-electron chi connectivity index (χ4n) is 2.26. The predicted molar refractivity (Wildman–Crippen MR) is 80.6 cm³/mol. The number of Topliss-reactive ketones (excluding diaryl/α,β-unsaturated/α-hetero) is 1. The van der Waals surface area contributed by atoms with Gasteiger partial charge in [-0.3, -0.25) is 9.78 Å². The molecule has 0 N–H and O–H groups in total. The molecule has 2 aromatic heterocycles. The van der Waals surface area contributed by atoms with Gasteiger partial charge in [0.15, 0.2) is 5.78 Å². The Labute approximate surface area is 122 Å². The zero-order valence-electron chi connectivity index (χ0n) is 11.3. The number of anilines is 1. The summed E-state index contributed by atoms with van der Waals surface area (Å²) in [6, 6.07) is 7.81. The summed E-state index contributed by atoms with van der Waals surface area (Å²) in [4.78, 5) is 19.2. The molecule has 1 aliphatic rings. The van der Waals surface area contributed by atoms with Gasteiger partial charge in [-0.25, -0.2) is 0 Å². The van der Waals surface area contributed by atoms with Gasteiger partial charge in [0.1, 0.15) is 5.00 Å². The molecule has 3 heterocycles. The maximum absolute atomic E-state index is 11.7. The van der Waals surface area contributed by atoms with Crippen LogP contribution >= 0.6 is 11.3 Å². The second-order valence-electron chi connectivity index (χ2n) is 4.70. The van der Waals surface area contributed by atoms with E-state index in [0.29, 0.717) is 0 Å². The Balaban J connectivity index is 2.04. The molecule has 1 aliphatic heterocycles. The second kappa shape index (κ2) is 5.73. The monoisotopic (exact) mass is 288 g/mol. The number of hydrogen-bond acceptors (Lipinski definition) is 5. The standard InChI is InChI=1S/C15H16N2O2S/c1-11(18)14-10-12(13-4-2-3-5-16-13)15(20-14)17-6-8-19-9-7-17/h2-5,10H,6-9H2,1H3. The summed E-state index contributed by atoms with van der Waals surface area (Å²) in [5.74, 6) is 0.103. The summed E-state index contributed by atoms with van der Waals surface area (Å²) in [6.07, 6.45) is 1.78. The van der Waals surface area contributed by atoms with E-state index in [9.17, 15) is 4.79 Å². The number of ketones is 1. The van der Waals surface area contributed by atoms with Gasteiger partial charge >= 0.3 is 0 Å². The fraction of sp³-hybridized carbons (Fsp3) is 0.333. The zero-order chi connectivity index (χ0) is 13.9. The molecule has 1 saturated heterocycles. The van der Waals surface area contributed by atoms with Gasteiger partial charge in [0, 0.05) is 24.8 Å². The molecule has 0 aromatic carbocycles. The first-order valence-corrected chi connectivity index (χ1v) is 7.46. The van der Waals surface area contributed by atoms with Crippen molar-refractivity contribution in [3.05, 3.63) is 35.3 Å². The minimum absolute atomic E-state index is 0.103. The Morgan fingerprint density at radius 1 is 1.35 bits per heavy atom. The molecule has 0 atom stereocenters. The molecule has 0 spiro atoms. The smallest absolute Gasteiger partial charge is 0.169 e. The summed E-state index contributed by atoms with van der Waals surface area (Å²) >= 11 is 1.55. The number of hydrogen-bond donors (Lipinski definition) is 0. The first kappa shape index (κ1) is 13.3. The fourth-order valence-corrected chi connectivity index (χ4v) is 3.38. The van der Waals surface area contributed by atoms with Crippen LogP contribution in [0.5, 0.6) is 0 Å². The van der Waals surface area contributed by atoms with Crippen molar-refractivity contribution in [2.45, 2.75) is 6.92 Å². The summed E-state index contributed by atoms with van der Waals surface area (Å²) in [5, 5.41) is 1.12. The maximum atomic E-state index is 11.7. The third-order valence-electron chi connectivity index (χ3n) is 3.30. The molecule has 0 saturated carbocycles. The highest BCUT2D eigenvalue weighted by molar-refractivity contribution is 7.18. The first-order chi connectivity index (χ1) is 9.75. The molecule has 0 bridgehead atoms. The molecule has 2 aromatic rings. The highest BCUT2D eigenvalue weighted by Crippen LogP contribution is 2.38. The van der Waals surface area contributed by atoms with E-state index < -0.39 is 0 Å². The van der Waals surface area contributed by atoms with E-state index in [-0.39, 0.29) is 5.78 Å². The number of nitrogens with zero attached hydrogens (tertiary/aromatic N) is 2. The molecule has 0 unspecified atom stereocenters. The van der Waals surface area contributed by atoms with Crippen molar-refractivity contribution in [1.29, 1.82) is 0 Å². The number of thiophene rings is 1. The first-order valence-electron chi connectivity index (χ1n) is 6.64. The van der Waals surface area contributed by atoms with E-state index in [1.807, 2.05) is 24.3 Å². The van der Waals surface area contributed by atoms with Crippen molar-refractivity contribution >= 4 is 22.1 Å². The Morgan fingerprint density at radius 3 is 2.80 bits per heavy atom. The van der Waals surface area contributed by atoms with Crippen LogP contribution in [0.4, 0.5) is 5.00 Å². The van der Waals surface area contributed by atoms with Crippen LogP contribution in [-0.2, 0) is 4.74 Å². The summed E-state index contributed by atoms with van der Waals surface area (Å²) < 4.78 is 5.40. The van der Waals surface area contributed by atoms with E-state index in [1.165, 1.54) is 0 Å². The number of rotatable bonds is 3. The summed E-state index contributed by atoms with van der Waals surface area (Å²) in [5.41, 5.74) is 1.96. The lowest BCUT2D eigenvalue weighted by Gasteiger charge is -2.28. The Hall–Kier alpha value is -1.72. The minimum Gasteiger partial charge on any atom is -0.378 e. The van der Waals surface area contributed by atoms with Gasteiger partial charge in [-0.2, -0.15) is 0 Å². The third-order valence-corrected chi connectivity index (χ3v) is 4.60. The average Bonchev–Trinajstić information content (AvgIpc) is 2.94. The van der Waals surface area contributed by atoms with Crippen LogP contribution in [0.15, 0.2) is 30.5 Å². The van der Waals surface area contributed by atoms with Crippen molar-refractivity contribution in [2.75, 3.05) is 31.2 Å². The number of morpholine rings is 1. The number of carbonyl (C=O) groups is 1. The van der Waals surface area contributed by atoms with Gasteiger partial charge in [-0.15, -0.1) is 11.3 Å².